The summed E-state index contributed by atoms with van der Waals surface area (Å²) in [4.78, 5) is 12.0. The molecule has 0 bridgehead atoms. The van der Waals surface area contributed by atoms with Crippen molar-refractivity contribution >= 4 is 28.8 Å². The minimum absolute atomic E-state index is 0.0180. The van der Waals surface area contributed by atoms with E-state index in [1.807, 2.05) is 20.8 Å². The number of carbonyl (C=O) groups is 1. The number of hydrogen-bond acceptors (Lipinski definition) is 2. The lowest BCUT2D eigenvalue weighted by molar-refractivity contribution is -0.123. The number of anilines is 1. The van der Waals surface area contributed by atoms with E-state index >= 15 is 0 Å². The van der Waals surface area contributed by atoms with Gasteiger partial charge < -0.3 is 11.1 Å². The number of thiocarbonyl (C=S) groups is 1. The first-order valence-corrected chi connectivity index (χ1v) is 5.43. The van der Waals surface area contributed by atoms with Crippen molar-refractivity contribution in [3.8, 4) is 0 Å². The van der Waals surface area contributed by atoms with Gasteiger partial charge >= 0.3 is 0 Å². The molecule has 4 heteroatoms. The van der Waals surface area contributed by atoms with E-state index in [2.05, 4.69) is 5.32 Å². The second-order valence-electron chi connectivity index (χ2n) is 4.65. The highest BCUT2D eigenvalue weighted by molar-refractivity contribution is 7.80. The van der Waals surface area contributed by atoms with Crippen LogP contribution in [0.3, 0.4) is 0 Å². The summed E-state index contributed by atoms with van der Waals surface area (Å²) < 4.78 is 0. The molecule has 0 aliphatic heterocycles. The lowest BCUT2D eigenvalue weighted by Crippen LogP contribution is -2.27. The maximum atomic E-state index is 11.7. The molecule has 1 aromatic carbocycles. The quantitative estimate of drug-likeness (QED) is 0.775. The molecule has 0 aromatic heterocycles. The van der Waals surface area contributed by atoms with E-state index in [0.717, 1.165) is 11.3 Å². The molecule has 3 nitrogen and oxygen atoms in total. The van der Waals surface area contributed by atoms with Gasteiger partial charge in [0.25, 0.3) is 0 Å². The van der Waals surface area contributed by atoms with Gasteiger partial charge in [0.1, 0.15) is 4.99 Å². The number of carbonyl (C=O) groups excluding carboxylic acids is 1. The average molecular weight is 236 g/mol. The summed E-state index contributed by atoms with van der Waals surface area (Å²) in [7, 11) is 0. The summed E-state index contributed by atoms with van der Waals surface area (Å²) in [5, 5.41) is 2.82. The summed E-state index contributed by atoms with van der Waals surface area (Å²) in [6.45, 7) is 5.60. The third kappa shape index (κ3) is 3.31. The van der Waals surface area contributed by atoms with E-state index in [1.54, 1.807) is 24.3 Å². The Balaban J connectivity index is 2.77. The molecule has 1 amide bonds. The van der Waals surface area contributed by atoms with Crippen molar-refractivity contribution in [2.24, 2.45) is 11.1 Å². The molecule has 0 aliphatic rings. The van der Waals surface area contributed by atoms with Crippen LogP contribution < -0.4 is 11.1 Å². The van der Waals surface area contributed by atoms with Crippen molar-refractivity contribution < 1.29 is 4.79 Å². The van der Waals surface area contributed by atoms with Crippen molar-refractivity contribution in [1.82, 2.24) is 0 Å². The summed E-state index contributed by atoms with van der Waals surface area (Å²) in [5.74, 6) is -0.0180. The van der Waals surface area contributed by atoms with Crippen LogP contribution in [0.25, 0.3) is 0 Å². The van der Waals surface area contributed by atoms with Gasteiger partial charge in [0.2, 0.25) is 5.91 Å². The molecule has 1 aromatic rings. The van der Waals surface area contributed by atoms with E-state index in [0.29, 0.717) is 4.99 Å². The van der Waals surface area contributed by atoms with Crippen molar-refractivity contribution in [3.63, 3.8) is 0 Å². The van der Waals surface area contributed by atoms with Gasteiger partial charge in [-0.1, -0.05) is 33.0 Å². The highest BCUT2D eigenvalue weighted by atomic mass is 32.1. The molecule has 0 fully saturated rings. The molecule has 0 saturated carbocycles. The Hall–Kier alpha value is -1.42. The lowest BCUT2D eigenvalue weighted by Gasteiger charge is -2.17. The third-order valence-electron chi connectivity index (χ3n) is 2.11. The summed E-state index contributed by atoms with van der Waals surface area (Å²) in [6.07, 6.45) is 0. The molecular weight excluding hydrogens is 220 g/mol. The SMILES string of the molecule is CC(C)(C)C(=O)Nc1ccc(C(N)=S)cc1. The average Bonchev–Trinajstić information content (AvgIpc) is 2.17. The second kappa shape index (κ2) is 4.61. The number of nitrogens with two attached hydrogens (primary N) is 1. The van der Waals surface area contributed by atoms with Crippen molar-refractivity contribution in [2.45, 2.75) is 20.8 Å². The van der Waals surface area contributed by atoms with Crippen LogP contribution in [0.15, 0.2) is 24.3 Å². The third-order valence-corrected chi connectivity index (χ3v) is 2.34. The van der Waals surface area contributed by atoms with Crippen molar-refractivity contribution in [2.75, 3.05) is 5.32 Å². The fourth-order valence-corrected chi connectivity index (χ4v) is 1.17. The Morgan fingerprint density at radius 1 is 1.25 bits per heavy atom. The van der Waals surface area contributed by atoms with Gasteiger partial charge in [0, 0.05) is 16.7 Å². The largest absolute Gasteiger partial charge is 0.389 e. The molecule has 1 rings (SSSR count). The van der Waals surface area contributed by atoms with Gasteiger partial charge in [0.15, 0.2) is 0 Å². The topological polar surface area (TPSA) is 55.1 Å². The molecular formula is C12H16N2OS. The predicted octanol–water partition coefficient (Wildman–Crippen LogP) is 2.31. The van der Waals surface area contributed by atoms with Crippen LogP contribution >= 0.6 is 12.2 Å². The molecule has 0 aliphatic carbocycles. The molecule has 0 radical (unpaired) electrons. The molecule has 0 saturated heterocycles. The van der Waals surface area contributed by atoms with Crippen LogP contribution in [0.4, 0.5) is 5.69 Å². The van der Waals surface area contributed by atoms with E-state index in [4.69, 9.17) is 18.0 Å². The van der Waals surface area contributed by atoms with Gasteiger partial charge in [-0.3, -0.25) is 4.79 Å². The van der Waals surface area contributed by atoms with E-state index in [-0.39, 0.29) is 5.91 Å². The minimum atomic E-state index is -0.401. The molecule has 16 heavy (non-hydrogen) atoms. The molecule has 86 valence electrons. The molecule has 0 spiro atoms. The zero-order valence-corrected chi connectivity index (χ0v) is 10.5. The Labute approximate surface area is 101 Å². The summed E-state index contributed by atoms with van der Waals surface area (Å²) in [6, 6.07) is 7.16. The van der Waals surface area contributed by atoms with E-state index < -0.39 is 5.41 Å². The van der Waals surface area contributed by atoms with Gasteiger partial charge in [-0.25, -0.2) is 0 Å². The number of amides is 1. The molecule has 0 atom stereocenters. The fraction of sp³-hybridized carbons (Fsp3) is 0.333. The Morgan fingerprint density at radius 2 is 1.75 bits per heavy atom. The van der Waals surface area contributed by atoms with E-state index in [9.17, 15) is 4.79 Å². The number of benzene rings is 1. The van der Waals surface area contributed by atoms with Gasteiger partial charge in [-0.05, 0) is 24.3 Å². The normalized spacial score (nSPS) is 10.9. The zero-order valence-electron chi connectivity index (χ0n) is 9.70. The van der Waals surface area contributed by atoms with E-state index in [1.165, 1.54) is 0 Å². The highest BCUT2D eigenvalue weighted by Gasteiger charge is 2.20. The van der Waals surface area contributed by atoms with Crippen molar-refractivity contribution in [3.05, 3.63) is 29.8 Å². The minimum Gasteiger partial charge on any atom is -0.389 e. The van der Waals surface area contributed by atoms with Crippen molar-refractivity contribution in [1.29, 1.82) is 0 Å². The molecule has 0 unspecified atom stereocenters. The summed E-state index contributed by atoms with van der Waals surface area (Å²) in [5.41, 5.74) is 6.62. The monoisotopic (exact) mass is 236 g/mol. The number of rotatable bonds is 2. The predicted molar refractivity (Wildman–Crippen MR) is 70.4 cm³/mol. The standard InChI is InChI=1S/C12H16N2OS/c1-12(2,3)11(15)14-9-6-4-8(5-7-9)10(13)16/h4-7H,1-3H3,(H2,13,16)(H,14,15). The maximum Gasteiger partial charge on any atom is 0.229 e. The first kappa shape index (κ1) is 12.6. The lowest BCUT2D eigenvalue weighted by atomic mass is 9.95. The van der Waals surface area contributed by atoms with Crippen LogP contribution in [-0.4, -0.2) is 10.9 Å². The summed E-state index contributed by atoms with van der Waals surface area (Å²) >= 11 is 4.84. The Bertz CT molecular complexity index is 404. The van der Waals surface area contributed by atoms with Gasteiger partial charge in [-0.2, -0.15) is 0 Å². The first-order valence-electron chi connectivity index (χ1n) is 5.02. The van der Waals surface area contributed by atoms with Crippen LogP contribution in [0, 0.1) is 5.41 Å². The molecule has 3 N–H and O–H groups in total. The zero-order chi connectivity index (χ0) is 12.3. The highest BCUT2D eigenvalue weighted by Crippen LogP contribution is 2.17. The Kier molecular flexibility index (Phi) is 3.65. The van der Waals surface area contributed by atoms with Crippen LogP contribution in [0.2, 0.25) is 0 Å². The smallest absolute Gasteiger partial charge is 0.229 e. The Morgan fingerprint density at radius 3 is 2.12 bits per heavy atom. The maximum absolute atomic E-state index is 11.7. The second-order valence-corrected chi connectivity index (χ2v) is 5.09. The van der Waals surface area contributed by atoms with Gasteiger partial charge in [0.05, 0.1) is 0 Å². The van der Waals surface area contributed by atoms with Crippen LogP contribution in [0.5, 0.6) is 0 Å². The number of nitrogens with one attached hydrogen (secondary N) is 1. The fourth-order valence-electron chi connectivity index (χ4n) is 1.04. The van der Waals surface area contributed by atoms with Crippen LogP contribution in [-0.2, 0) is 4.79 Å². The number of hydrogen-bond donors (Lipinski definition) is 2. The molecule has 0 heterocycles. The van der Waals surface area contributed by atoms with Crippen LogP contribution in [0.1, 0.15) is 26.3 Å². The van der Waals surface area contributed by atoms with Gasteiger partial charge in [-0.15, -0.1) is 0 Å². The first-order chi connectivity index (χ1) is 7.30.